The molecule has 0 amide bonds. The van der Waals surface area contributed by atoms with Crippen molar-refractivity contribution in [2.45, 2.75) is 25.8 Å². The smallest absolute Gasteiger partial charge is 0.0596 e. The molecular formula is C15H20BrN3. The van der Waals surface area contributed by atoms with Crippen LogP contribution in [-0.2, 0) is 19.9 Å². The van der Waals surface area contributed by atoms with Crippen LogP contribution < -0.4 is 5.32 Å². The summed E-state index contributed by atoms with van der Waals surface area (Å²) in [7, 11) is 4.03. The molecule has 19 heavy (non-hydrogen) atoms. The minimum absolute atomic E-state index is 0.427. The molecule has 0 aliphatic heterocycles. The molecule has 0 saturated carbocycles. The van der Waals surface area contributed by atoms with Gasteiger partial charge >= 0.3 is 0 Å². The van der Waals surface area contributed by atoms with Gasteiger partial charge in [0.2, 0.25) is 0 Å². The first-order chi connectivity index (χ1) is 9.08. The molecule has 0 fully saturated rings. The summed E-state index contributed by atoms with van der Waals surface area (Å²) >= 11 is 3.47. The molecule has 0 bridgehead atoms. The second kappa shape index (κ2) is 6.35. The first kappa shape index (κ1) is 14.3. The highest BCUT2D eigenvalue weighted by atomic mass is 79.9. The van der Waals surface area contributed by atoms with Gasteiger partial charge in [-0.2, -0.15) is 5.10 Å². The standard InChI is InChI=1S/C15H20BrN3/c1-11-8-15(19(3)18-11)10-14(17-2)9-12-4-6-13(16)7-5-12/h4-8,14,17H,9-10H2,1-3H3. The van der Waals surface area contributed by atoms with Crippen LogP contribution in [0, 0.1) is 6.92 Å². The summed E-state index contributed by atoms with van der Waals surface area (Å²) in [6.07, 6.45) is 2.01. The van der Waals surface area contributed by atoms with Crippen LogP contribution in [0.25, 0.3) is 0 Å². The van der Waals surface area contributed by atoms with Crippen molar-refractivity contribution in [2.24, 2.45) is 7.05 Å². The second-order valence-electron chi connectivity index (χ2n) is 4.92. The van der Waals surface area contributed by atoms with E-state index in [4.69, 9.17) is 0 Å². The van der Waals surface area contributed by atoms with Crippen molar-refractivity contribution in [1.29, 1.82) is 0 Å². The van der Waals surface area contributed by atoms with E-state index in [0.29, 0.717) is 6.04 Å². The van der Waals surface area contributed by atoms with E-state index in [9.17, 15) is 0 Å². The third-order valence-corrected chi connectivity index (χ3v) is 3.89. The van der Waals surface area contributed by atoms with Gasteiger partial charge in [0.15, 0.2) is 0 Å². The van der Waals surface area contributed by atoms with Crippen LogP contribution in [0.5, 0.6) is 0 Å². The maximum Gasteiger partial charge on any atom is 0.0596 e. The second-order valence-corrected chi connectivity index (χ2v) is 5.84. The molecule has 102 valence electrons. The molecule has 0 aliphatic carbocycles. The number of nitrogens with zero attached hydrogens (tertiary/aromatic N) is 2. The topological polar surface area (TPSA) is 29.9 Å². The van der Waals surface area contributed by atoms with E-state index in [-0.39, 0.29) is 0 Å². The number of aryl methyl sites for hydroxylation is 2. The summed E-state index contributed by atoms with van der Waals surface area (Å²) in [4.78, 5) is 0. The van der Waals surface area contributed by atoms with Gasteiger partial charge in [-0.15, -0.1) is 0 Å². The quantitative estimate of drug-likeness (QED) is 0.917. The Labute approximate surface area is 123 Å². The maximum absolute atomic E-state index is 4.40. The number of hydrogen-bond acceptors (Lipinski definition) is 2. The molecular weight excluding hydrogens is 302 g/mol. The highest BCUT2D eigenvalue weighted by Crippen LogP contribution is 2.14. The fourth-order valence-corrected chi connectivity index (χ4v) is 2.55. The van der Waals surface area contributed by atoms with Crippen LogP contribution in [-0.4, -0.2) is 22.9 Å². The number of hydrogen-bond donors (Lipinski definition) is 1. The van der Waals surface area contributed by atoms with Crippen molar-refractivity contribution in [2.75, 3.05) is 7.05 Å². The number of rotatable bonds is 5. The summed E-state index contributed by atoms with van der Waals surface area (Å²) in [5, 5.41) is 7.80. The van der Waals surface area contributed by atoms with E-state index in [1.165, 1.54) is 11.3 Å². The Kier molecular flexibility index (Phi) is 4.77. The van der Waals surface area contributed by atoms with Gasteiger partial charge in [-0.1, -0.05) is 28.1 Å². The molecule has 1 heterocycles. The van der Waals surface area contributed by atoms with Gasteiger partial charge in [-0.25, -0.2) is 0 Å². The van der Waals surface area contributed by atoms with Gasteiger partial charge in [0, 0.05) is 29.7 Å². The van der Waals surface area contributed by atoms with Gasteiger partial charge in [0.1, 0.15) is 0 Å². The Hall–Kier alpha value is -1.13. The van der Waals surface area contributed by atoms with Crippen molar-refractivity contribution in [1.82, 2.24) is 15.1 Å². The highest BCUT2D eigenvalue weighted by Gasteiger charge is 2.11. The minimum atomic E-state index is 0.427. The zero-order valence-corrected chi connectivity index (χ0v) is 13.2. The van der Waals surface area contributed by atoms with Gasteiger partial charge in [0.05, 0.1) is 5.69 Å². The number of benzene rings is 1. The van der Waals surface area contributed by atoms with Gasteiger partial charge in [-0.05, 0) is 44.2 Å². The minimum Gasteiger partial charge on any atom is -0.316 e. The molecule has 1 N–H and O–H groups in total. The maximum atomic E-state index is 4.40. The fraction of sp³-hybridized carbons (Fsp3) is 0.400. The Balaban J connectivity index is 2.04. The summed E-state index contributed by atoms with van der Waals surface area (Å²) in [5.41, 5.74) is 3.70. The third kappa shape index (κ3) is 3.91. The Morgan fingerprint density at radius 3 is 2.47 bits per heavy atom. The van der Waals surface area contributed by atoms with Crippen molar-refractivity contribution in [3.63, 3.8) is 0 Å². The molecule has 0 radical (unpaired) electrons. The van der Waals surface area contributed by atoms with E-state index in [2.05, 4.69) is 56.7 Å². The normalized spacial score (nSPS) is 12.6. The van der Waals surface area contributed by atoms with E-state index in [1.54, 1.807) is 0 Å². The zero-order chi connectivity index (χ0) is 13.8. The molecule has 3 nitrogen and oxygen atoms in total. The number of likely N-dealkylation sites (N-methyl/N-ethyl adjacent to an activating group) is 1. The van der Waals surface area contributed by atoms with Crippen LogP contribution in [0.15, 0.2) is 34.8 Å². The number of halogens is 1. The summed E-state index contributed by atoms with van der Waals surface area (Å²) in [6, 6.07) is 11.1. The largest absolute Gasteiger partial charge is 0.316 e. The first-order valence-corrected chi connectivity index (χ1v) is 7.29. The molecule has 0 aliphatic rings. The number of nitrogens with one attached hydrogen (secondary N) is 1. The monoisotopic (exact) mass is 321 g/mol. The van der Waals surface area contributed by atoms with Crippen LogP contribution >= 0.6 is 15.9 Å². The average Bonchev–Trinajstić information content (AvgIpc) is 2.69. The zero-order valence-electron chi connectivity index (χ0n) is 11.7. The molecule has 1 aromatic heterocycles. The molecule has 4 heteroatoms. The lowest BCUT2D eigenvalue weighted by Gasteiger charge is -2.16. The molecule has 0 saturated heterocycles. The van der Waals surface area contributed by atoms with Crippen LogP contribution in [0.1, 0.15) is 17.0 Å². The number of aromatic nitrogens is 2. The lowest BCUT2D eigenvalue weighted by Crippen LogP contribution is -2.30. The van der Waals surface area contributed by atoms with Crippen LogP contribution in [0.4, 0.5) is 0 Å². The lowest BCUT2D eigenvalue weighted by atomic mass is 10.0. The van der Waals surface area contributed by atoms with E-state index >= 15 is 0 Å². The molecule has 0 spiro atoms. The molecule has 1 atom stereocenters. The molecule has 2 rings (SSSR count). The fourth-order valence-electron chi connectivity index (χ4n) is 2.29. The molecule has 1 aromatic carbocycles. The molecule has 2 aromatic rings. The van der Waals surface area contributed by atoms with E-state index in [1.807, 2.05) is 25.7 Å². The summed E-state index contributed by atoms with van der Waals surface area (Å²) < 4.78 is 3.10. The first-order valence-electron chi connectivity index (χ1n) is 6.49. The average molecular weight is 322 g/mol. The van der Waals surface area contributed by atoms with Crippen molar-refractivity contribution in [3.05, 3.63) is 51.8 Å². The van der Waals surface area contributed by atoms with Crippen LogP contribution in [0.2, 0.25) is 0 Å². The van der Waals surface area contributed by atoms with Crippen molar-refractivity contribution in [3.8, 4) is 0 Å². The SMILES string of the molecule is CNC(Cc1ccc(Br)cc1)Cc1cc(C)nn1C. The van der Waals surface area contributed by atoms with Gasteiger partial charge in [0.25, 0.3) is 0 Å². The Morgan fingerprint density at radius 1 is 1.26 bits per heavy atom. The Bertz CT molecular complexity index is 531. The van der Waals surface area contributed by atoms with Gasteiger partial charge in [-0.3, -0.25) is 4.68 Å². The lowest BCUT2D eigenvalue weighted by molar-refractivity contribution is 0.533. The predicted octanol–water partition coefficient (Wildman–Crippen LogP) is 2.86. The summed E-state index contributed by atoms with van der Waals surface area (Å²) in [5.74, 6) is 0. The van der Waals surface area contributed by atoms with Crippen molar-refractivity contribution >= 4 is 15.9 Å². The highest BCUT2D eigenvalue weighted by molar-refractivity contribution is 9.10. The van der Waals surface area contributed by atoms with Crippen molar-refractivity contribution < 1.29 is 0 Å². The predicted molar refractivity (Wildman–Crippen MR) is 82.3 cm³/mol. The van der Waals surface area contributed by atoms with Crippen LogP contribution in [0.3, 0.4) is 0 Å². The third-order valence-electron chi connectivity index (χ3n) is 3.36. The molecule has 1 unspecified atom stereocenters. The summed E-state index contributed by atoms with van der Waals surface area (Å²) in [6.45, 7) is 2.03. The Morgan fingerprint density at radius 2 is 1.95 bits per heavy atom. The van der Waals surface area contributed by atoms with Gasteiger partial charge < -0.3 is 5.32 Å². The van der Waals surface area contributed by atoms with E-state index < -0.39 is 0 Å². The van der Waals surface area contributed by atoms with E-state index in [0.717, 1.165) is 23.0 Å².